The summed E-state index contributed by atoms with van der Waals surface area (Å²) >= 11 is 0. The van der Waals surface area contributed by atoms with Crippen molar-refractivity contribution >= 4 is 23.4 Å². The van der Waals surface area contributed by atoms with Crippen molar-refractivity contribution in [2.75, 3.05) is 12.0 Å². The molecule has 4 aromatic rings. The summed E-state index contributed by atoms with van der Waals surface area (Å²) in [6.07, 6.45) is 4.94. The second kappa shape index (κ2) is 14.1. The Kier molecular flexibility index (Phi) is 9.36. The van der Waals surface area contributed by atoms with Crippen molar-refractivity contribution in [1.29, 1.82) is 0 Å². The van der Waals surface area contributed by atoms with Gasteiger partial charge in [-0.1, -0.05) is 60.7 Å². The third kappa shape index (κ3) is 7.60. The van der Waals surface area contributed by atoms with E-state index in [0.29, 0.717) is 41.6 Å². The Balaban J connectivity index is 0.00000217. The molecule has 6 rings (SSSR count). The Morgan fingerprint density at radius 3 is 1.93 bits per heavy atom. The van der Waals surface area contributed by atoms with E-state index in [2.05, 4.69) is 33.4 Å². The molecule has 1 fully saturated rings. The first kappa shape index (κ1) is 30.6. The van der Waals surface area contributed by atoms with Gasteiger partial charge in [-0.25, -0.2) is 0 Å². The molecule has 238 valence electrons. The lowest BCUT2D eigenvalue weighted by Gasteiger charge is -2.19. The van der Waals surface area contributed by atoms with Crippen LogP contribution in [-0.4, -0.2) is 24.5 Å². The molecule has 3 atom stereocenters. The summed E-state index contributed by atoms with van der Waals surface area (Å²) in [5, 5.41) is 12.2. The number of hydrogen-bond acceptors (Lipinski definition) is 5. The van der Waals surface area contributed by atoms with E-state index in [9.17, 15) is 14.4 Å². The van der Waals surface area contributed by atoms with Crippen molar-refractivity contribution < 1.29 is 23.4 Å². The van der Waals surface area contributed by atoms with Crippen LogP contribution in [0, 0.1) is 11.8 Å². The minimum absolute atomic E-state index is 0. The van der Waals surface area contributed by atoms with Crippen LogP contribution < -0.4 is 21.3 Å². The van der Waals surface area contributed by atoms with Gasteiger partial charge in [-0.05, 0) is 85.2 Å². The standard InChI is InChI=1S/C38H36N4O4.3H2/c1-25(27-8-4-2-5-9-27)46-24-40-34-20-21-35(33-22-32(33)34)42-38(45)30-16-14-29(15-17-30)37(44)41-31-18-12-26(13-19-31)23-39-36(43)28-10-6-3-7-11-28;;;/h2-21,25,32-33,40H,22-24H2,1H3,(H,39,43)(H,41,44)(H,42,45);3*1H. The predicted molar refractivity (Wildman–Crippen MR) is 184 cm³/mol. The van der Waals surface area contributed by atoms with Crippen molar-refractivity contribution in [2.45, 2.75) is 26.0 Å². The molecule has 2 aliphatic rings. The number of fused-ring (bicyclic) bond motifs is 1. The van der Waals surface area contributed by atoms with E-state index >= 15 is 0 Å². The highest BCUT2D eigenvalue weighted by Crippen LogP contribution is 2.49. The first-order chi connectivity index (χ1) is 22.4. The van der Waals surface area contributed by atoms with Crippen molar-refractivity contribution in [3.05, 3.63) is 161 Å². The third-order valence-electron chi connectivity index (χ3n) is 8.28. The molecule has 0 saturated heterocycles. The first-order valence-corrected chi connectivity index (χ1v) is 15.4. The molecule has 0 aliphatic heterocycles. The lowest BCUT2D eigenvalue weighted by molar-refractivity contribution is 0.0560. The number of rotatable bonds is 12. The van der Waals surface area contributed by atoms with E-state index in [4.69, 9.17) is 4.74 Å². The van der Waals surface area contributed by atoms with Gasteiger partial charge < -0.3 is 26.0 Å². The number of allylic oxidation sites excluding steroid dienone is 4. The Morgan fingerprint density at radius 2 is 1.26 bits per heavy atom. The van der Waals surface area contributed by atoms with Crippen LogP contribution >= 0.6 is 0 Å². The quantitative estimate of drug-likeness (QED) is 0.127. The summed E-state index contributed by atoms with van der Waals surface area (Å²) in [6, 6.07) is 33.1. The Morgan fingerprint density at radius 1 is 0.696 bits per heavy atom. The number of anilines is 1. The molecule has 46 heavy (non-hydrogen) atoms. The summed E-state index contributed by atoms with van der Waals surface area (Å²) in [5.41, 5.74) is 6.24. The van der Waals surface area contributed by atoms with Gasteiger partial charge in [0.2, 0.25) is 0 Å². The minimum atomic E-state index is -0.278. The van der Waals surface area contributed by atoms with E-state index in [0.717, 1.165) is 28.9 Å². The number of ether oxygens (including phenoxy) is 1. The average molecular weight is 619 g/mol. The maximum atomic E-state index is 13.0. The minimum Gasteiger partial charge on any atom is -0.366 e. The van der Waals surface area contributed by atoms with E-state index < -0.39 is 0 Å². The van der Waals surface area contributed by atoms with Gasteiger partial charge in [0.15, 0.2) is 0 Å². The van der Waals surface area contributed by atoms with Gasteiger partial charge >= 0.3 is 0 Å². The number of hydrogen-bond donors (Lipinski definition) is 4. The number of carbonyl (C=O) groups is 3. The van der Waals surface area contributed by atoms with Gasteiger partial charge in [0.1, 0.15) is 6.73 Å². The van der Waals surface area contributed by atoms with Crippen LogP contribution in [0.1, 0.15) is 65.9 Å². The van der Waals surface area contributed by atoms with E-state index in [1.165, 1.54) is 0 Å². The van der Waals surface area contributed by atoms with Crippen molar-refractivity contribution in [2.24, 2.45) is 11.8 Å². The summed E-state index contributed by atoms with van der Waals surface area (Å²) in [6.45, 7) is 2.83. The van der Waals surface area contributed by atoms with Gasteiger partial charge in [0.25, 0.3) is 17.7 Å². The van der Waals surface area contributed by atoms with Gasteiger partial charge in [0, 0.05) is 56.4 Å². The highest BCUT2D eigenvalue weighted by molar-refractivity contribution is 6.05. The summed E-state index contributed by atoms with van der Waals surface area (Å²) < 4.78 is 5.96. The lowest BCUT2D eigenvalue weighted by atomic mass is 10.1. The molecule has 3 amide bonds. The highest BCUT2D eigenvalue weighted by atomic mass is 16.5. The molecule has 0 bridgehead atoms. The smallest absolute Gasteiger partial charge is 0.255 e. The summed E-state index contributed by atoms with van der Waals surface area (Å²) in [7, 11) is 0. The second-order valence-corrected chi connectivity index (χ2v) is 11.5. The molecule has 2 aliphatic carbocycles. The van der Waals surface area contributed by atoms with Crippen LogP contribution in [0.25, 0.3) is 0 Å². The summed E-state index contributed by atoms with van der Waals surface area (Å²) in [4.78, 5) is 38.1. The molecule has 4 aromatic carbocycles. The van der Waals surface area contributed by atoms with Crippen LogP contribution in [0.5, 0.6) is 0 Å². The molecule has 4 N–H and O–H groups in total. The van der Waals surface area contributed by atoms with Crippen LogP contribution in [0.4, 0.5) is 5.69 Å². The number of amides is 3. The van der Waals surface area contributed by atoms with E-state index in [1.54, 1.807) is 48.5 Å². The zero-order chi connectivity index (χ0) is 31.9. The third-order valence-corrected chi connectivity index (χ3v) is 8.28. The van der Waals surface area contributed by atoms with Crippen LogP contribution in [-0.2, 0) is 11.3 Å². The molecular formula is C38H42N4O4. The molecule has 3 unspecified atom stereocenters. The largest absolute Gasteiger partial charge is 0.366 e. The van der Waals surface area contributed by atoms with Crippen LogP contribution in [0.3, 0.4) is 0 Å². The molecule has 0 radical (unpaired) electrons. The number of nitrogens with one attached hydrogen (secondary N) is 4. The van der Waals surface area contributed by atoms with Gasteiger partial charge in [-0.15, -0.1) is 0 Å². The second-order valence-electron chi connectivity index (χ2n) is 11.5. The van der Waals surface area contributed by atoms with E-state index in [1.807, 2.05) is 67.6 Å². The normalized spacial score (nSPS) is 17.0. The van der Waals surface area contributed by atoms with Crippen molar-refractivity contribution in [1.82, 2.24) is 16.0 Å². The molecule has 0 heterocycles. The average Bonchev–Trinajstić information content (AvgIpc) is 3.91. The van der Waals surface area contributed by atoms with E-state index in [-0.39, 0.29) is 34.0 Å². The van der Waals surface area contributed by atoms with Gasteiger partial charge in [0.05, 0.1) is 6.10 Å². The molecule has 1 saturated carbocycles. The molecule has 0 spiro atoms. The Labute approximate surface area is 273 Å². The summed E-state index contributed by atoms with van der Waals surface area (Å²) in [5.74, 6) is 0.00377. The monoisotopic (exact) mass is 618 g/mol. The molecule has 8 heteroatoms. The highest BCUT2D eigenvalue weighted by Gasteiger charge is 2.44. The number of carbonyl (C=O) groups excluding carboxylic acids is 3. The Hall–Kier alpha value is -5.47. The predicted octanol–water partition coefficient (Wildman–Crippen LogP) is 7.08. The van der Waals surface area contributed by atoms with Crippen molar-refractivity contribution in [3.63, 3.8) is 0 Å². The lowest BCUT2D eigenvalue weighted by Crippen LogP contribution is -2.27. The topological polar surface area (TPSA) is 109 Å². The fourth-order valence-corrected chi connectivity index (χ4v) is 5.46. The molecule has 8 nitrogen and oxygen atoms in total. The SMILES string of the molecule is CC(OCNC1=CC=C(NC(=O)c2ccc(C(=O)Nc3ccc(CNC(=O)c4ccccc4)cc3)cc2)C2CC12)c1ccccc1.[HH].[HH].[HH]. The molecule has 0 aromatic heterocycles. The zero-order valence-electron chi connectivity index (χ0n) is 25.5. The maximum Gasteiger partial charge on any atom is 0.255 e. The van der Waals surface area contributed by atoms with Gasteiger partial charge in [-0.3, -0.25) is 14.4 Å². The van der Waals surface area contributed by atoms with Gasteiger partial charge in [-0.2, -0.15) is 0 Å². The number of benzene rings is 4. The fourth-order valence-electron chi connectivity index (χ4n) is 5.46. The fraction of sp³-hybridized carbons (Fsp3) is 0.184. The zero-order valence-corrected chi connectivity index (χ0v) is 25.5. The van der Waals surface area contributed by atoms with Crippen LogP contribution in [0.2, 0.25) is 0 Å². The Bertz CT molecular complexity index is 1770. The maximum absolute atomic E-state index is 13.0. The molecular weight excluding hydrogens is 576 g/mol. The van der Waals surface area contributed by atoms with Crippen LogP contribution in [0.15, 0.2) is 133 Å². The van der Waals surface area contributed by atoms with Crippen molar-refractivity contribution in [3.8, 4) is 0 Å². The first-order valence-electron chi connectivity index (χ1n) is 15.4.